The number of rotatable bonds is 2. The lowest BCUT2D eigenvalue weighted by Crippen LogP contribution is -1.89. The van der Waals surface area contributed by atoms with E-state index in [0.717, 1.165) is 33.2 Å². The molecule has 1 N–H and O–H groups in total. The van der Waals surface area contributed by atoms with Crippen LogP contribution >= 0.6 is 23.2 Å². The molecule has 0 saturated carbocycles. The zero-order valence-corrected chi connectivity index (χ0v) is 13.6. The van der Waals surface area contributed by atoms with E-state index < -0.39 is 0 Å². The summed E-state index contributed by atoms with van der Waals surface area (Å²) in [6, 6.07) is 13.1. The molecule has 0 radical (unpaired) electrons. The fraction of sp³-hybridized carbons (Fsp3) is 0.0588. The topological polar surface area (TPSA) is 50.8 Å². The summed E-state index contributed by atoms with van der Waals surface area (Å²) in [4.78, 5) is 12.2. The molecule has 0 unspecified atom stereocenters. The van der Waals surface area contributed by atoms with E-state index >= 15 is 0 Å². The molecule has 0 bridgehead atoms. The molecule has 0 aliphatic heterocycles. The fourth-order valence-electron chi connectivity index (χ4n) is 2.53. The van der Waals surface area contributed by atoms with E-state index in [1.807, 2.05) is 36.4 Å². The van der Waals surface area contributed by atoms with Crippen LogP contribution in [-0.2, 0) is 0 Å². The quantitative estimate of drug-likeness (QED) is 0.515. The van der Waals surface area contributed by atoms with Crippen molar-refractivity contribution >= 4 is 45.1 Å². The van der Waals surface area contributed by atoms with Gasteiger partial charge in [0.15, 0.2) is 0 Å². The molecule has 0 amide bonds. The number of aromatic nitrogens is 3. The number of imidazole rings is 1. The van der Waals surface area contributed by atoms with Crippen LogP contribution in [0.25, 0.3) is 33.3 Å². The first-order chi connectivity index (χ1) is 11.1. The van der Waals surface area contributed by atoms with Gasteiger partial charge in [-0.05, 0) is 42.5 Å². The van der Waals surface area contributed by atoms with Gasteiger partial charge in [-0.3, -0.25) is 0 Å². The van der Waals surface area contributed by atoms with Crippen molar-refractivity contribution in [3.8, 4) is 17.1 Å². The number of aromatic amines is 1. The number of fused-ring (bicyclic) bond motifs is 2. The Balaban J connectivity index is 1.93. The van der Waals surface area contributed by atoms with Gasteiger partial charge in [0.05, 0.1) is 29.2 Å². The lowest BCUT2D eigenvalue weighted by atomic mass is 10.1. The highest BCUT2D eigenvalue weighted by molar-refractivity contribution is 6.32. The molecule has 0 fully saturated rings. The third kappa shape index (κ3) is 2.50. The van der Waals surface area contributed by atoms with Gasteiger partial charge in [0, 0.05) is 10.4 Å². The zero-order chi connectivity index (χ0) is 16.0. The maximum Gasteiger partial charge on any atom is 0.141 e. The first-order valence-electron chi connectivity index (χ1n) is 6.94. The highest BCUT2D eigenvalue weighted by atomic mass is 35.5. The van der Waals surface area contributed by atoms with Crippen LogP contribution < -0.4 is 4.74 Å². The number of hydrogen-bond acceptors (Lipinski definition) is 3. The third-order valence-electron chi connectivity index (χ3n) is 3.67. The SMILES string of the molecule is COc1ccc2nc(Cl)c(-c3nc4ccc(Cl)cc4[nH]3)cc2c1. The molecule has 4 aromatic rings. The van der Waals surface area contributed by atoms with Crippen molar-refractivity contribution in [2.75, 3.05) is 7.11 Å². The minimum absolute atomic E-state index is 0.396. The summed E-state index contributed by atoms with van der Waals surface area (Å²) < 4.78 is 5.26. The second-order valence-corrected chi connectivity index (χ2v) is 5.93. The Hall–Kier alpha value is -2.30. The van der Waals surface area contributed by atoms with Crippen LogP contribution in [0.15, 0.2) is 42.5 Å². The lowest BCUT2D eigenvalue weighted by molar-refractivity contribution is 0.415. The maximum atomic E-state index is 6.34. The summed E-state index contributed by atoms with van der Waals surface area (Å²) >= 11 is 12.4. The van der Waals surface area contributed by atoms with E-state index in [4.69, 9.17) is 27.9 Å². The molecular weight excluding hydrogens is 333 g/mol. The molecule has 0 aliphatic rings. The van der Waals surface area contributed by atoms with Crippen molar-refractivity contribution in [2.45, 2.75) is 0 Å². The molecule has 2 aromatic carbocycles. The number of pyridine rings is 1. The molecule has 0 aliphatic carbocycles. The number of benzene rings is 2. The first kappa shape index (κ1) is 14.3. The van der Waals surface area contributed by atoms with Crippen LogP contribution in [-0.4, -0.2) is 22.1 Å². The Kier molecular flexibility index (Phi) is 3.36. The summed E-state index contributed by atoms with van der Waals surface area (Å²) in [6.45, 7) is 0. The Morgan fingerprint density at radius 1 is 0.957 bits per heavy atom. The van der Waals surface area contributed by atoms with Gasteiger partial charge in [0.2, 0.25) is 0 Å². The van der Waals surface area contributed by atoms with Gasteiger partial charge in [0.25, 0.3) is 0 Å². The van der Waals surface area contributed by atoms with Gasteiger partial charge >= 0.3 is 0 Å². The molecule has 2 aromatic heterocycles. The first-order valence-corrected chi connectivity index (χ1v) is 7.69. The van der Waals surface area contributed by atoms with Gasteiger partial charge in [0.1, 0.15) is 16.7 Å². The fourth-order valence-corrected chi connectivity index (χ4v) is 2.94. The summed E-state index contributed by atoms with van der Waals surface area (Å²) in [7, 11) is 1.63. The Labute approximate surface area is 142 Å². The van der Waals surface area contributed by atoms with Gasteiger partial charge < -0.3 is 9.72 Å². The zero-order valence-electron chi connectivity index (χ0n) is 12.1. The Morgan fingerprint density at radius 3 is 2.61 bits per heavy atom. The second kappa shape index (κ2) is 5.41. The van der Waals surface area contributed by atoms with E-state index in [2.05, 4.69) is 15.0 Å². The number of H-pyrrole nitrogens is 1. The second-order valence-electron chi connectivity index (χ2n) is 5.13. The Bertz CT molecular complexity index is 1040. The van der Waals surface area contributed by atoms with E-state index in [-0.39, 0.29) is 0 Å². The van der Waals surface area contributed by atoms with E-state index in [9.17, 15) is 0 Å². The molecule has 6 heteroatoms. The molecule has 23 heavy (non-hydrogen) atoms. The summed E-state index contributed by atoms with van der Waals surface area (Å²) in [5, 5.41) is 1.98. The summed E-state index contributed by atoms with van der Waals surface area (Å²) in [6.07, 6.45) is 0. The number of nitrogens with zero attached hydrogens (tertiary/aromatic N) is 2. The number of hydrogen-bond donors (Lipinski definition) is 1. The standard InChI is InChI=1S/C17H11Cl2N3O/c1-23-11-3-5-13-9(6-11)7-12(16(19)20-13)17-21-14-4-2-10(18)8-15(14)22-17/h2-8H,1H3,(H,21,22). The van der Waals surface area contributed by atoms with Crippen molar-refractivity contribution in [1.29, 1.82) is 0 Å². The monoisotopic (exact) mass is 343 g/mol. The van der Waals surface area contributed by atoms with Gasteiger partial charge in [-0.15, -0.1) is 0 Å². The molecule has 4 nitrogen and oxygen atoms in total. The van der Waals surface area contributed by atoms with E-state index in [0.29, 0.717) is 16.0 Å². The number of methoxy groups -OCH3 is 1. The Morgan fingerprint density at radius 2 is 1.78 bits per heavy atom. The average Bonchev–Trinajstić information content (AvgIpc) is 2.96. The van der Waals surface area contributed by atoms with Crippen molar-refractivity contribution in [3.63, 3.8) is 0 Å². The van der Waals surface area contributed by atoms with Gasteiger partial charge in [-0.2, -0.15) is 0 Å². The van der Waals surface area contributed by atoms with Crippen LogP contribution in [0.3, 0.4) is 0 Å². The smallest absolute Gasteiger partial charge is 0.141 e. The molecule has 2 heterocycles. The van der Waals surface area contributed by atoms with Crippen LogP contribution in [0.1, 0.15) is 0 Å². The van der Waals surface area contributed by atoms with Gasteiger partial charge in [-0.1, -0.05) is 23.2 Å². The molecule has 0 spiro atoms. The summed E-state index contributed by atoms with van der Waals surface area (Å²) in [5.74, 6) is 1.42. The maximum absolute atomic E-state index is 6.34. The molecule has 4 rings (SSSR count). The summed E-state index contributed by atoms with van der Waals surface area (Å²) in [5.41, 5.74) is 3.22. The van der Waals surface area contributed by atoms with Crippen molar-refractivity contribution in [2.24, 2.45) is 0 Å². The molecule has 114 valence electrons. The largest absolute Gasteiger partial charge is 0.497 e. The van der Waals surface area contributed by atoms with Crippen LogP contribution in [0, 0.1) is 0 Å². The van der Waals surface area contributed by atoms with Crippen LogP contribution in [0.2, 0.25) is 10.2 Å². The predicted octanol–water partition coefficient (Wildman–Crippen LogP) is 5.09. The lowest BCUT2D eigenvalue weighted by Gasteiger charge is -2.05. The van der Waals surface area contributed by atoms with Gasteiger partial charge in [-0.25, -0.2) is 9.97 Å². The minimum Gasteiger partial charge on any atom is -0.497 e. The molecule has 0 atom stereocenters. The van der Waals surface area contributed by atoms with Crippen molar-refractivity contribution < 1.29 is 4.74 Å². The molecular formula is C17H11Cl2N3O. The van der Waals surface area contributed by atoms with E-state index in [1.54, 1.807) is 13.2 Å². The predicted molar refractivity (Wildman–Crippen MR) is 93.4 cm³/mol. The van der Waals surface area contributed by atoms with Crippen molar-refractivity contribution in [1.82, 2.24) is 15.0 Å². The highest BCUT2D eigenvalue weighted by Crippen LogP contribution is 2.31. The third-order valence-corrected chi connectivity index (χ3v) is 4.20. The van der Waals surface area contributed by atoms with Crippen LogP contribution in [0.5, 0.6) is 5.75 Å². The van der Waals surface area contributed by atoms with Crippen molar-refractivity contribution in [3.05, 3.63) is 52.6 Å². The minimum atomic E-state index is 0.396. The average molecular weight is 344 g/mol. The number of ether oxygens (including phenoxy) is 1. The molecule has 0 saturated heterocycles. The van der Waals surface area contributed by atoms with Crippen LogP contribution in [0.4, 0.5) is 0 Å². The normalized spacial score (nSPS) is 11.3. The highest BCUT2D eigenvalue weighted by Gasteiger charge is 2.12. The number of nitrogens with one attached hydrogen (secondary N) is 1. The number of halogens is 2. The van der Waals surface area contributed by atoms with E-state index in [1.165, 1.54) is 0 Å².